The summed E-state index contributed by atoms with van der Waals surface area (Å²) >= 11 is 0. The number of amides is 3. The van der Waals surface area contributed by atoms with Gasteiger partial charge in [-0.3, -0.25) is 14.5 Å². The molecular formula is C17H21N3O5. The van der Waals surface area contributed by atoms with Crippen LogP contribution in [0, 0.1) is 0 Å². The van der Waals surface area contributed by atoms with Crippen LogP contribution < -0.4 is 15.1 Å². The van der Waals surface area contributed by atoms with Crippen LogP contribution in [-0.2, 0) is 20.7 Å². The average molecular weight is 347 g/mol. The van der Waals surface area contributed by atoms with Gasteiger partial charge in [-0.2, -0.15) is 0 Å². The Balaban J connectivity index is 1.81. The van der Waals surface area contributed by atoms with Crippen LogP contribution in [0.4, 0.5) is 16.2 Å². The Morgan fingerprint density at radius 3 is 2.84 bits per heavy atom. The number of fused-ring (bicyclic) bond motifs is 1. The number of carbonyl (C=O) groups is 3. The molecule has 134 valence electrons. The predicted octanol–water partition coefficient (Wildman–Crippen LogP) is 0.418. The number of carbonyl (C=O) groups excluding carboxylic acids is 3. The molecule has 2 heterocycles. The van der Waals surface area contributed by atoms with Crippen LogP contribution in [0.5, 0.6) is 0 Å². The smallest absolute Gasteiger partial charge is 0.414 e. The van der Waals surface area contributed by atoms with Crippen molar-refractivity contribution in [1.29, 1.82) is 0 Å². The monoisotopic (exact) mass is 347 g/mol. The van der Waals surface area contributed by atoms with Crippen molar-refractivity contribution in [2.75, 3.05) is 29.5 Å². The van der Waals surface area contributed by atoms with Crippen molar-refractivity contribution in [2.24, 2.45) is 0 Å². The largest absolute Gasteiger partial charge is 0.442 e. The topological polar surface area (TPSA) is 99.2 Å². The molecule has 3 rings (SSSR count). The Morgan fingerprint density at radius 2 is 2.16 bits per heavy atom. The number of aliphatic hydroxyl groups is 1. The Bertz CT molecular complexity index is 720. The summed E-state index contributed by atoms with van der Waals surface area (Å²) in [4.78, 5) is 38.2. The molecule has 2 aliphatic rings. The second-order valence-corrected chi connectivity index (χ2v) is 6.34. The first-order valence-electron chi connectivity index (χ1n) is 8.19. The van der Waals surface area contributed by atoms with E-state index >= 15 is 0 Å². The summed E-state index contributed by atoms with van der Waals surface area (Å²) in [5.74, 6) is -0.546. The lowest BCUT2D eigenvalue weighted by atomic mass is 10.1. The normalized spacial score (nSPS) is 22.0. The number of cyclic esters (lactones) is 1. The first-order chi connectivity index (χ1) is 11.9. The molecule has 0 aliphatic carbocycles. The van der Waals surface area contributed by atoms with Crippen LogP contribution in [0.1, 0.15) is 19.4 Å². The quantitative estimate of drug-likeness (QED) is 0.822. The maximum Gasteiger partial charge on any atom is 0.414 e. The Kier molecular flexibility index (Phi) is 4.63. The van der Waals surface area contributed by atoms with Gasteiger partial charge in [-0.05, 0) is 31.0 Å². The fourth-order valence-electron chi connectivity index (χ4n) is 3.32. The van der Waals surface area contributed by atoms with Gasteiger partial charge >= 0.3 is 6.09 Å². The highest BCUT2D eigenvalue weighted by Crippen LogP contribution is 2.36. The number of hydrogen-bond acceptors (Lipinski definition) is 5. The predicted molar refractivity (Wildman–Crippen MR) is 90.5 cm³/mol. The standard InChI is InChI=1S/C17H21N3O5/c1-10-5-12-3-4-13(6-15(12)20(10)16(23)9-21)19-8-14(25-17(19)24)7-18-11(2)22/h3-4,6,10,14,21H,5,7-9H2,1-2H3,(H,18,22)/t10-,14+/m1/s1. The van der Waals surface area contributed by atoms with Crippen molar-refractivity contribution in [2.45, 2.75) is 32.4 Å². The number of benzene rings is 1. The second kappa shape index (κ2) is 6.72. The lowest BCUT2D eigenvalue weighted by molar-refractivity contribution is -0.121. The van der Waals surface area contributed by atoms with Gasteiger partial charge in [0.15, 0.2) is 0 Å². The van der Waals surface area contributed by atoms with Crippen LogP contribution in [0.2, 0.25) is 0 Å². The van der Waals surface area contributed by atoms with E-state index in [0.717, 1.165) is 5.56 Å². The van der Waals surface area contributed by atoms with E-state index in [0.29, 0.717) is 24.3 Å². The molecule has 0 unspecified atom stereocenters. The number of ether oxygens (including phenoxy) is 1. The molecule has 2 atom stereocenters. The number of nitrogens with zero attached hydrogens (tertiary/aromatic N) is 2. The molecule has 0 aromatic heterocycles. The van der Waals surface area contributed by atoms with E-state index < -0.39 is 18.8 Å². The van der Waals surface area contributed by atoms with Gasteiger partial charge in [0, 0.05) is 24.3 Å². The van der Waals surface area contributed by atoms with Gasteiger partial charge in [0.05, 0.1) is 13.1 Å². The van der Waals surface area contributed by atoms with Crippen LogP contribution >= 0.6 is 0 Å². The van der Waals surface area contributed by atoms with E-state index in [4.69, 9.17) is 4.74 Å². The zero-order chi connectivity index (χ0) is 18.1. The number of anilines is 2. The van der Waals surface area contributed by atoms with Crippen molar-refractivity contribution in [3.63, 3.8) is 0 Å². The van der Waals surface area contributed by atoms with E-state index in [1.165, 1.54) is 11.8 Å². The maximum atomic E-state index is 12.1. The van der Waals surface area contributed by atoms with E-state index in [9.17, 15) is 19.5 Å². The average Bonchev–Trinajstić information content (AvgIpc) is 3.10. The Hall–Kier alpha value is -2.61. The molecule has 25 heavy (non-hydrogen) atoms. The fourth-order valence-corrected chi connectivity index (χ4v) is 3.32. The lowest BCUT2D eigenvalue weighted by Gasteiger charge is -2.23. The summed E-state index contributed by atoms with van der Waals surface area (Å²) in [6.45, 7) is 3.35. The van der Waals surface area contributed by atoms with E-state index in [1.54, 1.807) is 11.0 Å². The summed E-state index contributed by atoms with van der Waals surface area (Å²) in [5, 5.41) is 11.8. The van der Waals surface area contributed by atoms with E-state index in [2.05, 4.69) is 5.32 Å². The second-order valence-electron chi connectivity index (χ2n) is 6.34. The van der Waals surface area contributed by atoms with Crippen molar-refractivity contribution >= 4 is 29.3 Å². The molecule has 8 nitrogen and oxygen atoms in total. The van der Waals surface area contributed by atoms with Gasteiger partial charge < -0.3 is 20.1 Å². The van der Waals surface area contributed by atoms with Crippen LogP contribution in [-0.4, -0.2) is 54.9 Å². The number of aliphatic hydroxyl groups excluding tert-OH is 1. The van der Waals surface area contributed by atoms with Crippen LogP contribution in [0.15, 0.2) is 18.2 Å². The van der Waals surface area contributed by atoms with Crippen molar-refractivity contribution in [3.8, 4) is 0 Å². The van der Waals surface area contributed by atoms with Crippen molar-refractivity contribution in [1.82, 2.24) is 5.32 Å². The highest BCUT2D eigenvalue weighted by atomic mass is 16.6. The summed E-state index contributed by atoms with van der Waals surface area (Å²) in [5.41, 5.74) is 2.33. The first-order valence-corrected chi connectivity index (χ1v) is 8.19. The van der Waals surface area contributed by atoms with E-state index in [1.807, 2.05) is 19.1 Å². The minimum absolute atomic E-state index is 0.0389. The molecule has 1 aromatic carbocycles. The summed E-state index contributed by atoms with van der Waals surface area (Å²) in [7, 11) is 0. The molecule has 0 bridgehead atoms. The SMILES string of the molecule is CC(=O)NC[C@H]1CN(c2ccc3c(c2)N(C(=O)CO)[C@H](C)C3)C(=O)O1. The van der Waals surface area contributed by atoms with Gasteiger partial charge in [-0.25, -0.2) is 4.79 Å². The van der Waals surface area contributed by atoms with E-state index in [-0.39, 0.29) is 24.4 Å². The van der Waals surface area contributed by atoms with Gasteiger partial charge in [0.1, 0.15) is 12.7 Å². The summed E-state index contributed by atoms with van der Waals surface area (Å²) in [6, 6.07) is 5.44. The number of nitrogens with one attached hydrogen (secondary N) is 1. The molecule has 1 saturated heterocycles. The van der Waals surface area contributed by atoms with Crippen LogP contribution in [0.25, 0.3) is 0 Å². The zero-order valence-electron chi connectivity index (χ0n) is 14.2. The Morgan fingerprint density at radius 1 is 1.40 bits per heavy atom. The Labute approximate surface area is 145 Å². The first kappa shape index (κ1) is 17.2. The minimum atomic E-state index is -0.557. The molecule has 0 radical (unpaired) electrons. The van der Waals surface area contributed by atoms with Gasteiger partial charge in [0.2, 0.25) is 5.91 Å². The summed E-state index contributed by atoms with van der Waals surface area (Å²) < 4.78 is 5.27. The summed E-state index contributed by atoms with van der Waals surface area (Å²) in [6.07, 6.45) is -0.197. The third kappa shape index (κ3) is 3.30. The van der Waals surface area contributed by atoms with Gasteiger partial charge in [-0.1, -0.05) is 6.07 Å². The third-order valence-corrected chi connectivity index (χ3v) is 4.45. The van der Waals surface area contributed by atoms with Crippen molar-refractivity contribution in [3.05, 3.63) is 23.8 Å². The molecule has 0 spiro atoms. The molecule has 8 heteroatoms. The van der Waals surface area contributed by atoms with Gasteiger partial charge in [0.25, 0.3) is 5.91 Å². The highest BCUT2D eigenvalue weighted by Gasteiger charge is 2.35. The molecule has 0 saturated carbocycles. The lowest BCUT2D eigenvalue weighted by Crippen LogP contribution is -2.37. The third-order valence-electron chi connectivity index (χ3n) is 4.45. The van der Waals surface area contributed by atoms with Gasteiger partial charge in [-0.15, -0.1) is 0 Å². The molecule has 3 amide bonds. The zero-order valence-corrected chi connectivity index (χ0v) is 14.2. The molecule has 1 aromatic rings. The van der Waals surface area contributed by atoms with Crippen LogP contribution in [0.3, 0.4) is 0 Å². The molecule has 2 N–H and O–H groups in total. The fraction of sp³-hybridized carbons (Fsp3) is 0.471. The number of hydrogen-bond donors (Lipinski definition) is 2. The number of rotatable bonds is 4. The van der Waals surface area contributed by atoms with Crippen molar-refractivity contribution < 1.29 is 24.2 Å². The highest BCUT2D eigenvalue weighted by molar-refractivity contribution is 5.98. The minimum Gasteiger partial charge on any atom is -0.442 e. The molecular weight excluding hydrogens is 326 g/mol. The maximum absolute atomic E-state index is 12.1. The molecule has 2 aliphatic heterocycles. The molecule has 1 fully saturated rings.